The normalized spacial score (nSPS) is 30.8. The number of rotatable bonds is 4. The Morgan fingerprint density at radius 1 is 1.33 bits per heavy atom. The number of nitrogens with one attached hydrogen (secondary N) is 1. The van der Waals surface area contributed by atoms with Gasteiger partial charge in [-0.05, 0) is 31.6 Å². The molecule has 1 aliphatic carbocycles. The first-order valence-electron chi connectivity index (χ1n) is 7.26. The van der Waals surface area contributed by atoms with Crippen molar-refractivity contribution in [3.63, 3.8) is 0 Å². The first kappa shape index (κ1) is 16.1. The number of alkyl halides is 3. The SMILES string of the molecule is CC(C)C1NC(=O)C(C)(C2CC2)N(CCC(F)(F)F)C1=O. The summed E-state index contributed by atoms with van der Waals surface area (Å²) in [6, 6.07) is -0.738. The van der Waals surface area contributed by atoms with E-state index in [1.54, 1.807) is 20.8 Å². The molecule has 0 aromatic carbocycles. The molecule has 0 aromatic heterocycles. The molecule has 2 aliphatic rings. The fraction of sp³-hybridized carbons (Fsp3) is 0.857. The third kappa shape index (κ3) is 3.01. The van der Waals surface area contributed by atoms with E-state index in [2.05, 4.69) is 5.32 Å². The van der Waals surface area contributed by atoms with Crippen LogP contribution in [-0.2, 0) is 9.59 Å². The van der Waals surface area contributed by atoms with Crippen LogP contribution in [0.2, 0.25) is 0 Å². The first-order chi connectivity index (χ1) is 9.57. The van der Waals surface area contributed by atoms with Gasteiger partial charge in [0.2, 0.25) is 11.8 Å². The Kier molecular flexibility index (Phi) is 3.97. The van der Waals surface area contributed by atoms with Crippen molar-refractivity contribution < 1.29 is 22.8 Å². The standard InChI is InChI=1S/C14H21F3N2O2/c1-8(2)10-11(20)19(7-6-14(15,16)17)13(3,9-4-5-9)12(21)18-10/h8-10H,4-7H2,1-3H3,(H,18,21). The number of hydrogen-bond donors (Lipinski definition) is 1. The van der Waals surface area contributed by atoms with Crippen molar-refractivity contribution in [2.24, 2.45) is 11.8 Å². The number of nitrogens with zero attached hydrogens (tertiary/aromatic N) is 1. The zero-order chi connectivity index (χ0) is 16.0. The number of carbonyl (C=O) groups is 2. The van der Waals surface area contributed by atoms with Crippen LogP contribution in [0, 0.1) is 11.8 Å². The molecule has 1 saturated carbocycles. The Morgan fingerprint density at radius 2 is 1.90 bits per heavy atom. The van der Waals surface area contributed by atoms with E-state index in [0.717, 1.165) is 12.8 Å². The summed E-state index contributed by atoms with van der Waals surface area (Å²) >= 11 is 0. The van der Waals surface area contributed by atoms with E-state index in [1.807, 2.05) is 0 Å². The van der Waals surface area contributed by atoms with Crippen molar-refractivity contribution in [2.75, 3.05) is 6.54 Å². The molecule has 2 rings (SSSR count). The number of amides is 2. The minimum atomic E-state index is -4.34. The molecule has 1 N–H and O–H groups in total. The second-order valence-corrected chi connectivity index (χ2v) is 6.47. The van der Waals surface area contributed by atoms with E-state index >= 15 is 0 Å². The molecule has 7 heteroatoms. The van der Waals surface area contributed by atoms with Crippen LogP contribution >= 0.6 is 0 Å². The fourth-order valence-electron chi connectivity index (χ4n) is 2.95. The predicted octanol–water partition coefficient (Wildman–Crippen LogP) is 2.09. The maximum absolute atomic E-state index is 12.5. The average Bonchev–Trinajstić information content (AvgIpc) is 3.16. The number of carbonyl (C=O) groups excluding carboxylic acids is 2. The van der Waals surface area contributed by atoms with Gasteiger partial charge in [0.25, 0.3) is 0 Å². The molecule has 4 nitrogen and oxygen atoms in total. The minimum Gasteiger partial charge on any atom is -0.342 e. The Bertz CT molecular complexity index is 446. The number of halogens is 3. The molecule has 0 aromatic rings. The molecule has 1 saturated heterocycles. The summed E-state index contributed by atoms with van der Waals surface area (Å²) in [6.45, 7) is 4.67. The van der Waals surface area contributed by atoms with Gasteiger partial charge in [0.05, 0.1) is 6.42 Å². The van der Waals surface area contributed by atoms with Gasteiger partial charge in [-0.15, -0.1) is 0 Å². The lowest BCUT2D eigenvalue weighted by molar-refractivity contribution is -0.167. The van der Waals surface area contributed by atoms with E-state index in [9.17, 15) is 22.8 Å². The lowest BCUT2D eigenvalue weighted by Crippen LogP contribution is -2.71. The molecule has 2 atom stereocenters. The third-order valence-electron chi connectivity index (χ3n) is 4.50. The second-order valence-electron chi connectivity index (χ2n) is 6.47. The molecular formula is C14H21F3N2O2. The molecule has 0 bridgehead atoms. The van der Waals surface area contributed by atoms with Gasteiger partial charge in [0, 0.05) is 6.54 Å². The summed E-state index contributed by atoms with van der Waals surface area (Å²) in [5, 5.41) is 2.69. The highest BCUT2D eigenvalue weighted by Crippen LogP contribution is 2.45. The highest BCUT2D eigenvalue weighted by Gasteiger charge is 2.57. The molecule has 2 amide bonds. The summed E-state index contributed by atoms with van der Waals surface area (Å²) in [5.41, 5.74) is -1.15. The van der Waals surface area contributed by atoms with E-state index in [-0.39, 0.29) is 17.7 Å². The van der Waals surface area contributed by atoms with Crippen molar-refractivity contribution in [3.8, 4) is 0 Å². The van der Waals surface area contributed by atoms with Gasteiger partial charge in [-0.3, -0.25) is 9.59 Å². The molecule has 1 heterocycles. The molecular weight excluding hydrogens is 285 g/mol. The monoisotopic (exact) mass is 306 g/mol. The summed E-state index contributed by atoms with van der Waals surface area (Å²) in [5.74, 6) is -0.921. The van der Waals surface area contributed by atoms with Gasteiger partial charge >= 0.3 is 6.18 Å². The molecule has 21 heavy (non-hydrogen) atoms. The van der Waals surface area contributed by atoms with Crippen molar-refractivity contribution >= 4 is 11.8 Å². The fourth-order valence-corrected chi connectivity index (χ4v) is 2.95. The summed E-state index contributed by atoms with van der Waals surface area (Å²) in [7, 11) is 0. The van der Waals surface area contributed by atoms with Crippen LogP contribution in [0.25, 0.3) is 0 Å². The molecule has 0 spiro atoms. The van der Waals surface area contributed by atoms with Gasteiger partial charge in [-0.25, -0.2) is 0 Å². The lowest BCUT2D eigenvalue weighted by atomic mass is 9.85. The van der Waals surface area contributed by atoms with Crippen LogP contribution in [0.4, 0.5) is 13.2 Å². The van der Waals surface area contributed by atoms with Gasteiger partial charge in [0.15, 0.2) is 0 Å². The van der Waals surface area contributed by atoms with Gasteiger partial charge in [0.1, 0.15) is 11.6 Å². The largest absolute Gasteiger partial charge is 0.390 e. The summed E-state index contributed by atoms with van der Waals surface area (Å²) in [6.07, 6.45) is -3.89. The van der Waals surface area contributed by atoms with Crippen LogP contribution in [0.15, 0.2) is 0 Å². The maximum Gasteiger partial charge on any atom is 0.390 e. The van der Waals surface area contributed by atoms with E-state index < -0.39 is 36.6 Å². The van der Waals surface area contributed by atoms with Crippen LogP contribution < -0.4 is 5.32 Å². The first-order valence-corrected chi connectivity index (χ1v) is 7.26. The van der Waals surface area contributed by atoms with Crippen LogP contribution in [0.1, 0.15) is 40.0 Å². The van der Waals surface area contributed by atoms with Crippen molar-refractivity contribution in [1.82, 2.24) is 10.2 Å². The second kappa shape index (κ2) is 5.18. The van der Waals surface area contributed by atoms with Crippen LogP contribution in [-0.4, -0.2) is 41.0 Å². The molecule has 1 aliphatic heterocycles. The Balaban J connectivity index is 2.27. The van der Waals surface area contributed by atoms with Crippen molar-refractivity contribution in [1.29, 1.82) is 0 Å². The Morgan fingerprint density at radius 3 is 2.33 bits per heavy atom. The highest BCUT2D eigenvalue weighted by molar-refractivity contribution is 6.00. The molecule has 120 valence electrons. The molecule has 0 radical (unpaired) electrons. The minimum absolute atomic E-state index is 0.0391. The highest BCUT2D eigenvalue weighted by atomic mass is 19.4. The maximum atomic E-state index is 12.5. The smallest absolute Gasteiger partial charge is 0.342 e. The van der Waals surface area contributed by atoms with E-state index in [4.69, 9.17) is 0 Å². The zero-order valence-corrected chi connectivity index (χ0v) is 12.5. The van der Waals surface area contributed by atoms with Gasteiger partial charge in [-0.1, -0.05) is 13.8 Å². The van der Waals surface area contributed by atoms with Gasteiger partial charge in [-0.2, -0.15) is 13.2 Å². The van der Waals surface area contributed by atoms with Crippen LogP contribution in [0.5, 0.6) is 0 Å². The number of piperazine rings is 1. The average molecular weight is 306 g/mol. The van der Waals surface area contributed by atoms with Crippen molar-refractivity contribution in [3.05, 3.63) is 0 Å². The molecule has 2 unspecified atom stereocenters. The Hall–Kier alpha value is -1.27. The summed E-state index contributed by atoms with van der Waals surface area (Å²) in [4.78, 5) is 26.1. The summed E-state index contributed by atoms with van der Waals surface area (Å²) < 4.78 is 37.6. The Labute approximate surface area is 122 Å². The predicted molar refractivity (Wildman–Crippen MR) is 70.3 cm³/mol. The van der Waals surface area contributed by atoms with E-state index in [0.29, 0.717) is 0 Å². The van der Waals surface area contributed by atoms with Gasteiger partial charge < -0.3 is 10.2 Å². The third-order valence-corrected chi connectivity index (χ3v) is 4.50. The number of hydrogen-bond acceptors (Lipinski definition) is 2. The zero-order valence-electron chi connectivity index (χ0n) is 12.5. The van der Waals surface area contributed by atoms with Crippen molar-refractivity contribution in [2.45, 2.75) is 57.8 Å². The molecule has 2 fully saturated rings. The van der Waals surface area contributed by atoms with E-state index in [1.165, 1.54) is 4.90 Å². The topological polar surface area (TPSA) is 49.4 Å². The quantitative estimate of drug-likeness (QED) is 0.864. The van der Waals surface area contributed by atoms with Crippen LogP contribution in [0.3, 0.4) is 0 Å². The lowest BCUT2D eigenvalue weighted by Gasteiger charge is -2.47.